The van der Waals surface area contributed by atoms with Gasteiger partial charge >= 0.3 is 0 Å². The number of carbonyl (C=O) groups is 1. The van der Waals surface area contributed by atoms with Crippen LogP contribution < -0.4 is 5.32 Å². The van der Waals surface area contributed by atoms with E-state index in [1.807, 2.05) is 13.0 Å². The maximum Gasteiger partial charge on any atom is 0.253 e. The van der Waals surface area contributed by atoms with Crippen molar-refractivity contribution in [2.45, 2.75) is 39.2 Å². The Labute approximate surface area is 151 Å². The molecule has 0 bridgehead atoms. The third-order valence-electron chi connectivity index (χ3n) is 3.80. The molecule has 1 amide bonds. The minimum Gasteiger partial charge on any atom is -0.345 e. The molecule has 0 radical (unpaired) electrons. The van der Waals surface area contributed by atoms with Gasteiger partial charge in [-0.05, 0) is 41.7 Å². The van der Waals surface area contributed by atoms with Gasteiger partial charge in [-0.15, -0.1) is 0 Å². The van der Waals surface area contributed by atoms with E-state index in [9.17, 15) is 4.79 Å². The Morgan fingerprint density at radius 1 is 1.13 bits per heavy atom. The van der Waals surface area contributed by atoms with Gasteiger partial charge in [-0.3, -0.25) is 4.79 Å². The Balaban J connectivity index is 2.14. The first kappa shape index (κ1) is 18.0. The highest BCUT2D eigenvalue weighted by Gasteiger charge is 2.16. The molecular formula is C19H21BrClNO. The number of amides is 1. The van der Waals surface area contributed by atoms with E-state index in [0.29, 0.717) is 10.6 Å². The average Bonchev–Trinajstić information content (AvgIpc) is 2.48. The molecular weight excluding hydrogens is 374 g/mol. The van der Waals surface area contributed by atoms with Crippen LogP contribution in [0.15, 0.2) is 46.9 Å². The molecule has 0 aliphatic rings. The standard InChI is InChI=1S/C19H21BrClNO/c1-12(13-5-7-14(8-6-13)19(2,3)4)22-18(23)16-11-15(20)9-10-17(16)21/h5-12H,1-4H3,(H,22,23)/t12-/m0/s1. The molecule has 0 saturated heterocycles. The van der Waals surface area contributed by atoms with Crippen molar-refractivity contribution in [3.05, 3.63) is 68.7 Å². The first-order valence-corrected chi connectivity index (χ1v) is 8.72. The van der Waals surface area contributed by atoms with Gasteiger partial charge in [0, 0.05) is 4.47 Å². The number of halogens is 2. The molecule has 2 rings (SSSR count). The highest BCUT2D eigenvalue weighted by molar-refractivity contribution is 9.10. The predicted octanol–water partition coefficient (Wildman–Crippen LogP) is 5.89. The summed E-state index contributed by atoms with van der Waals surface area (Å²) in [5.74, 6) is -0.177. The summed E-state index contributed by atoms with van der Waals surface area (Å²) in [5, 5.41) is 3.44. The van der Waals surface area contributed by atoms with Gasteiger partial charge in [0.15, 0.2) is 0 Å². The molecule has 122 valence electrons. The molecule has 1 atom stereocenters. The van der Waals surface area contributed by atoms with Crippen molar-refractivity contribution in [2.75, 3.05) is 0 Å². The number of rotatable bonds is 3. The summed E-state index contributed by atoms with van der Waals surface area (Å²) in [5.41, 5.74) is 2.93. The second-order valence-electron chi connectivity index (χ2n) is 6.69. The van der Waals surface area contributed by atoms with E-state index < -0.39 is 0 Å². The van der Waals surface area contributed by atoms with Crippen molar-refractivity contribution in [3.8, 4) is 0 Å². The largest absolute Gasteiger partial charge is 0.345 e. The number of hydrogen-bond donors (Lipinski definition) is 1. The molecule has 0 heterocycles. The van der Waals surface area contributed by atoms with Crippen molar-refractivity contribution in [1.29, 1.82) is 0 Å². The lowest BCUT2D eigenvalue weighted by atomic mass is 9.86. The quantitative estimate of drug-likeness (QED) is 0.691. The number of benzene rings is 2. The molecule has 0 aliphatic carbocycles. The van der Waals surface area contributed by atoms with Crippen molar-refractivity contribution in [3.63, 3.8) is 0 Å². The summed E-state index contributed by atoms with van der Waals surface area (Å²) < 4.78 is 0.828. The molecule has 0 unspecified atom stereocenters. The molecule has 1 N–H and O–H groups in total. The van der Waals surface area contributed by atoms with Crippen molar-refractivity contribution < 1.29 is 4.79 Å². The minimum atomic E-state index is -0.177. The molecule has 4 heteroatoms. The van der Waals surface area contributed by atoms with Crippen LogP contribution in [0.2, 0.25) is 5.02 Å². The van der Waals surface area contributed by atoms with E-state index in [4.69, 9.17) is 11.6 Å². The van der Waals surface area contributed by atoms with Gasteiger partial charge in [-0.1, -0.05) is 72.6 Å². The fourth-order valence-electron chi connectivity index (χ4n) is 2.30. The van der Waals surface area contributed by atoms with Crippen molar-refractivity contribution >= 4 is 33.4 Å². The summed E-state index contributed by atoms with van der Waals surface area (Å²) in [4.78, 5) is 12.4. The van der Waals surface area contributed by atoms with Crippen LogP contribution in [0, 0.1) is 0 Å². The highest BCUT2D eigenvalue weighted by Crippen LogP contribution is 2.25. The van der Waals surface area contributed by atoms with Crippen LogP contribution in [0.4, 0.5) is 0 Å². The molecule has 0 saturated carbocycles. The molecule has 0 spiro atoms. The Kier molecular flexibility index (Phi) is 5.53. The van der Waals surface area contributed by atoms with Gasteiger partial charge in [-0.2, -0.15) is 0 Å². The Bertz CT molecular complexity index is 704. The topological polar surface area (TPSA) is 29.1 Å². The summed E-state index contributed by atoms with van der Waals surface area (Å²) in [7, 11) is 0. The molecule has 23 heavy (non-hydrogen) atoms. The molecule has 2 aromatic carbocycles. The van der Waals surface area contributed by atoms with Crippen molar-refractivity contribution in [2.24, 2.45) is 0 Å². The zero-order valence-electron chi connectivity index (χ0n) is 13.8. The SMILES string of the molecule is C[C@H](NC(=O)c1cc(Br)ccc1Cl)c1ccc(C(C)(C)C)cc1. The molecule has 2 aromatic rings. The van der Waals surface area contributed by atoms with Gasteiger partial charge < -0.3 is 5.32 Å². The molecule has 2 nitrogen and oxygen atoms in total. The summed E-state index contributed by atoms with van der Waals surface area (Å²) in [6.07, 6.45) is 0. The van der Waals surface area contributed by atoms with E-state index >= 15 is 0 Å². The van der Waals surface area contributed by atoms with Crippen LogP contribution in [0.3, 0.4) is 0 Å². The lowest BCUT2D eigenvalue weighted by Gasteiger charge is -2.21. The zero-order chi connectivity index (χ0) is 17.2. The maximum absolute atomic E-state index is 12.4. The van der Waals surface area contributed by atoms with Gasteiger partial charge in [-0.25, -0.2) is 0 Å². The number of hydrogen-bond acceptors (Lipinski definition) is 1. The van der Waals surface area contributed by atoms with E-state index in [1.165, 1.54) is 5.56 Å². The normalized spacial score (nSPS) is 12.8. The summed E-state index contributed by atoms with van der Waals surface area (Å²) in [6.45, 7) is 8.52. The second kappa shape index (κ2) is 7.06. The first-order chi connectivity index (χ1) is 10.7. The fourth-order valence-corrected chi connectivity index (χ4v) is 2.87. The van der Waals surface area contributed by atoms with E-state index in [0.717, 1.165) is 10.0 Å². The van der Waals surface area contributed by atoms with Crippen LogP contribution in [0.1, 0.15) is 55.2 Å². The van der Waals surface area contributed by atoms with Crippen LogP contribution in [-0.2, 0) is 5.41 Å². The van der Waals surface area contributed by atoms with Gasteiger partial charge in [0.25, 0.3) is 5.91 Å². The molecule has 0 aromatic heterocycles. The second-order valence-corrected chi connectivity index (χ2v) is 8.01. The number of carbonyl (C=O) groups excluding carboxylic acids is 1. The third kappa shape index (κ3) is 4.58. The van der Waals surface area contributed by atoms with Crippen molar-refractivity contribution in [1.82, 2.24) is 5.32 Å². The summed E-state index contributed by atoms with van der Waals surface area (Å²) >= 11 is 9.47. The van der Waals surface area contributed by atoms with E-state index in [1.54, 1.807) is 12.1 Å². The van der Waals surface area contributed by atoms with Crippen LogP contribution in [0.5, 0.6) is 0 Å². The van der Waals surface area contributed by atoms with Crippen LogP contribution in [0.25, 0.3) is 0 Å². The Hall–Kier alpha value is -1.32. The molecule has 0 aliphatic heterocycles. The zero-order valence-corrected chi connectivity index (χ0v) is 16.1. The lowest BCUT2D eigenvalue weighted by molar-refractivity contribution is 0.0940. The van der Waals surface area contributed by atoms with E-state index in [2.05, 4.69) is 66.3 Å². The third-order valence-corrected chi connectivity index (χ3v) is 4.62. The first-order valence-electron chi connectivity index (χ1n) is 7.55. The smallest absolute Gasteiger partial charge is 0.253 e. The Morgan fingerprint density at radius 2 is 1.74 bits per heavy atom. The van der Waals surface area contributed by atoms with Gasteiger partial charge in [0.1, 0.15) is 0 Å². The monoisotopic (exact) mass is 393 g/mol. The number of nitrogens with one attached hydrogen (secondary N) is 1. The highest BCUT2D eigenvalue weighted by atomic mass is 79.9. The average molecular weight is 395 g/mol. The molecule has 0 fully saturated rings. The van der Waals surface area contributed by atoms with Gasteiger partial charge in [0.2, 0.25) is 0 Å². The Morgan fingerprint density at radius 3 is 2.30 bits per heavy atom. The fraction of sp³-hybridized carbons (Fsp3) is 0.316. The van der Waals surface area contributed by atoms with Gasteiger partial charge in [0.05, 0.1) is 16.6 Å². The predicted molar refractivity (Wildman–Crippen MR) is 100 cm³/mol. The lowest BCUT2D eigenvalue weighted by Crippen LogP contribution is -2.27. The van der Waals surface area contributed by atoms with E-state index in [-0.39, 0.29) is 17.4 Å². The maximum atomic E-state index is 12.4. The minimum absolute atomic E-state index is 0.0911. The van der Waals surface area contributed by atoms with Crippen LogP contribution in [-0.4, -0.2) is 5.91 Å². The summed E-state index contributed by atoms with van der Waals surface area (Å²) in [6, 6.07) is 13.5. The van der Waals surface area contributed by atoms with Crippen LogP contribution >= 0.6 is 27.5 Å².